The SMILES string of the molecule is O=C1C[C@@H](C(=O)Nc2cc(F)ccc2F)c2c(nc(SCc3cccc(F)c3)[nH]c2=O)N1. The predicted molar refractivity (Wildman–Crippen MR) is 112 cm³/mol. The molecule has 1 aromatic heterocycles. The summed E-state index contributed by atoms with van der Waals surface area (Å²) in [5.74, 6) is -4.47. The fraction of sp³-hybridized carbons (Fsp3) is 0.143. The van der Waals surface area contributed by atoms with Crippen LogP contribution in [0.5, 0.6) is 0 Å². The Morgan fingerprint density at radius 2 is 1.91 bits per heavy atom. The molecule has 1 aliphatic heterocycles. The van der Waals surface area contributed by atoms with Gasteiger partial charge in [0.1, 0.15) is 23.3 Å². The fourth-order valence-electron chi connectivity index (χ4n) is 3.23. The molecule has 0 bridgehead atoms. The highest BCUT2D eigenvalue weighted by atomic mass is 32.2. The normalized spacial score (nSPS) is 15.1. The number of benzene rings is 2. The first-order chi connectivity index (χ1) is 15.3. The summed E-state index contributed by atoms with van der Waals surface area (Å²) < 4.78 is 40.6. The molecule has 2 amide bonds. The van der Waals surface area contributed by atoms with Crippen LogP contribution in [0, 0.1) is 17.5 Å². The quantitative estimate of drug-likeness (QED) is 0.399. The van der Waals surface area contributed by atoms with E-state index in [9.17, 15) is 27.6 Å². The first kappa shape index (κ1) is 21.6. The van der Waals surface area contributed by atoms with Crippen LogP contribution in [-0.4, -0.2) is 21.8 Å². The number of nitrogens with one attached hydrogen (secondary N) is 3. The van der Waals surface area contributed by atoms with Gasteiger partial charge < -0.3 is 15.6 Å². The molecule has 2 heterocycles. The highest BCUT2D eigenvalue weighted by molar-refractivity contribution is 7.98. The Hall–Kier alpha value is -3.60. The summed E-state index contributed by atoms with van der Waals surface area (Å²) in [5.41, 5.74) is -0.492. The molecule has 2 aromatic carbocycles. The maximum absolute atomic E-state index is 13.9. The average molecular weight is 460 g/mol. The van der Waals surface area contributed by atoms with Crippen LogP contribution in [0.1, 0.15) is 23.5 Å². The summed E-state index contributed by atoms with van der Waals surface area (Å²) in [4.78, 5) is 44.3. The van der Waals surface area contributed by atoms with Crippen molar-refractivity contribution in [2.24, 2.45) is 0 Å². The third-order valence-corrected chi connectivity index (χ3v) is 5.64. The highest BCUT2D eigenvalue weighted by Gasteiger charge is 2.35. The summed E-state index contributed by atoms with van der Waals surface area (Å²) in [6, 6.07) is 8.46. The van der Waals surface area contributed by atoms with Gasteiger partial charge in [0.25, 0.3) is 5.56 Å². The number of thioether (sulfide) groups is 1. The van der Waals surface area contributed by atoms with Gasteiger partial charge in [-0.15, -0.1) is 0 Å². The molecule has 11 heteroatoms. The summed E-state index contributed by atoms with van der Waals surface area (Å²) in [5, 5.41) is 4.84. The van der Waals surface area contributed by atoms with Crippen molar-refractivity contribution in [3.05, 3.63) is 81.4 Å². The minimum Gasteiger partial charge on any atom is -0.323 e. The standard InChI is InChI=1S/C21H15F3N4O3S/c22-11-3-1-2-10(6-11)9-32-21-27-18-17(20(31)28-21)13(8-16(29)26-18)19(30)25-15-7-12(23)4-5-14(15)24/h1-7,13H,8-9H2,(H,25,30)(H2,26,27,28,29,31)/t13-/m1/s1. The Kier molecular flexibility index (Phi) is 5.99. The fourth-order valence-corrected chi connectivity index (χ4v) is 4.04. The molecule has 0 spiro atoms. The maximum Gasteiger partial charge on any atom is 0.257 e. The molecule has 1 atom stereocenters. The van der Waals surface area contributed by atoms with E-state index in [0.29, 0.717) is 11.3 Å². The number of aromatic amines is 1. The first-order valence-electron chi connectivity index (χ1n) is 9.37. The lowest BCUT2D eigenvalue weighted by Gasteiger charge is -2.23. The van der Waals surface area contributed by atoms with Gasteiger partial charge in [0.15, 0.2) is 5.16 Å². The zero-order valence-electron chi connectivity index (χ0n) is 16.2. The van der Waals surface area contributed by atoms with Crippen LogP contribution in [0.4, 0.5) is 24.7 Å². The molecule has 7 nitrogen and oxygen atoms in total. The number of amides is 2. The Morgan fingerprint density at radius 1 is 1.12 bits per heavy atom. The van der Waals surface area contributed by atoms with E-state index < -0.39 is 46.4 Å². The van der Waals surface area contributed by atoms with Crippen molar-refractivity contribution in [3.8, 4) is 0 Å². The lowest BCUT2D eigenvalue weighted by molar-refractivity contribution is -0.123. The second-order valence-electron chi connectivity index (χ2n) is 6.97. The van der Waals surface area contributed by atoms with Crippen molar-refractivity contribution < 1.29 is 22.8 Å². The van der Waals surface area contributed by atoms with E-state index in [-0.39, 0.29) is 23.0 Å². The first-order valence-corrected chi connectivity index (χ1v) is 10.4. The Labute approximate surface area is 183 Å². The molecule has 0 radical (unpaired) electrons. The third kappa shape index (κ3) is 4.67. The van der Waals surface area contributed by atoms with E-state index in [4.69, 9.17) is 0 Å². The molecule has 164 valence electrons. The number of anilines is 2. The predicted octanol–water partition coefficient (Wildman–Crippen LogP) is 3.54. The van der Waals surface area contributed by atoms with Crippen molar-refractivity contribution >= 4 is 35.1 Å². The number of hydrogen-bond acceptors (Lipinski definition) is 5. The van der Waals surface area contributed by atoms with Gasteiger partial charge in [-0.25, -0.2) is 18.2 Å². The second kappa shape index (κ2) is 8.87. The van der Waals surface area contributed by atoms with E-state index in [0.717, 1.165) is 30.0 Å². The van der Waals surface area contributed by atoms with Crippen LogP contribution in [0.3, 0.4) is 0 Å². The van der Waals surface area contributed by atoms with Crippen molar-refractivity contribution in [3.63, 3.8) is 0 Å². The number of aromatic nitrogens is 2. The summed E-state index contributed by atoms with van der Waals surface area (Å²) in [6.07, 6.45) is -0.365. The number of H-pyrrole nitrogens is 1. The number of nitrogens with zero attached hydrogens (tertiary/aromatic N) is 1. The number of carbonyl (C=O) groups is 2. The lowest BCUT2D eigenvalue weighted by atomic mass is 9.92. The van der Waals surface area contributed by atoms with E-state index in [1.54, 1.807) is 12.1 Å². The lowest BCUT2D eigenvalue weighted by Crippen LogP contribution is -2.36. The molecule has 3 N–H and O–H groups in total. The van der Waals surface area contributed by atoms with Crippen molar-refractivity contribution in [2.45, 2.75) is 23.2 Å². The molecule has 0 saturated carbocycles. The highest BCUT2D eigenvalue weighted by Crippen LogP contribution is 2.31. The number of halogens is 3. The Balaban J connectivity index is 1.59. The number of carbonyl (C=O) groups excluding carboxylic acids is 2. The van der Waals surface area contributed by atoms with Crippen LogP contribution < -0.4 is 16.2 Å². The van der Waals surface area contributed by atoms with Gasteiger partial charge in [-0.05, 0) is 29.8 Å². The van der Waals surface area contributed by atoms with E-state index in [2.05, 4.69) is 20.6 Å². The molecule has 3 aromatic rings. The second-order valence-corrected chi connectivity index (χ2v) is 7.93. The van der Waals surface area contributed by atoms with Crippen LogP contribution >= 0.6 is 11.8 Å². The van der Waals surface area contributed by atoms with Crippen LogP contribution in [-0.2, 0) is 15.3 Å². The van der Waals surface area contributed by atoms with Gasteiger partial charge in [-0.1, -0.05) is 23.9 Å². The molecule has 4 rings (SSSR count). The van der Waals surface area contributed by atoms with Crippen LogP contribution in [0.2, 0.25) is 0 Å². The Bertz CT molecular complexity index is 1280. The molecule has 0 unspecified atom stereocenters. The van der Waals surface area contributed by atoms with Crippen molar-refractivity contribution in [2.75, 3.05) is 10.6 Å². The minimum atomic E-state index is -1.25. The monoisotopic (exact) mass is 460 g/mol. The van der Waals surface area contributed by atoms with E-state index in [1.807, 2.05) is 0 Å². The summed E-state index contributed by atoms with van der Waals surface area (Å²) in [6.45, 7) is 0. The van der Waals surface area contributed by atoms with Crippen molar-refractivity contribution in [1.82, 2.24) is 9.97 Å². The van der Waals surface area contributed by atoms with Crippen LogP contribution in [0.25, 0.3) is 0 Å². The average Bonchev–Trinajstić information content (AvgIpc) is 2.74. The van der Waals surface area contributed by atoms with E-state index in [1.165, 1.54) is 12.1 Å². The zero-order valence-corrected chi connectivity index (χ0v) is 17.1. The molecule has 32 heavy (non-hydrogen) atoms. The van der Waals surface area contributed by atoms with Gasteiger partial charge in [0, 0.05) is 18.2 Å². The number of rotatable bonds is 5. The smallest absolute Gasteiger partial charge is 0.257 e. The van der Waals surface area contributed by atoms with Crippen molar-refractivity contribution in [1.29, 1.82) is 0 Å². The van der Waals surface area contributed by atoms with Gasteiger partial charge in [-0.3, -0.25) is 14.4 Å². The summed E-state index contributed by atoms with van der Waals surface area (Å²) in [7, 11) is 0. The van der Waals surface area contributed by atoms with Gasteiger partial charge in [0.05, 0.1) is 17.2 Å². The summed E-state index contributed by atoms with van der Waals surface area (Å²) >= 11 is 1.11. The number of hydrogen-bond donors (Lipinski definition) is 3. The molecule has 0 fully saturated rings. The topological polar surface area (TPSA) is 104 Å². The maximum atomic E-state index is 13.9. The number of fused-ring (bicyclic) bond motifs is 1. The molecular formula is C21H15F3N4O3S. The molecular weight excluding hydrogens is 445 g/mol. The zero-order chi connectivity index (χ0) is 22.8. The minimum absolute atomic E-state index is 0.0889. The molecule has 1 aliphatic rings. The molecule has 0 aliphatic carbocycles. The van der Waals surface area contributed by atoms with Gasteiger partial charge >= 0.3 is 0 Å². The van der Waals surface area contributed by atoms with Gasteiger partial charge in [-0.2, -0.15) is 0 Å². The van der Waals surface area contributed by atoms with Crippen LogP contribution in [0.15, 0.2) is 52.4 Å². The Morgan fingerprint density at radius 3 is 2.69 bits per heavy atom. The van der Waals surface area contributed by atoms with E-state index >= 15 is 0 Å². The third-order valence-electron chi connectivity index (χ3n) is 4.70. The largest absolute Gasteiger partial charge is 0.323 e. The molecule has 0 saturated heterocycles. The van der Waals surface area contributed by atoms with Gasteiger partial charge in [0.2, 0.25) is 11.8 Å².